The molecular weight excluding hydrogens is 733 g/mol. The zero-order valence-electron chi connectivity index (χ0n) is 27.2. The van der Waals surface area contributed by atoms with Gasteiger partial charge in [-0.3, -0.25) is 14.9 Å². The van der Waals surface area contributed by atoms with Crippen LogP contribution in [0, 0.1) is 0 Å². The number of fused-ring (bicyclic) bond motifs is 2. The van der Waals surface area contributed by atoms with E-state index in [4.69, 9.17) is 21.5 Å². The molecule has 3 aromatic rings. The lowest BCUT2D eigenvalue weighted by atomic mass is 9.93. The van der Waals surface area contributed by atoms with Crippen LogP contribution in [0.25, 0.3) is 0 Å². The summed E-state index contributed by atoms with van der Waals surface area (Å²) in [5.41, 5.74) is 3.20. The summed E-state index contributed by atoms with van der Waals surface area (Å²) < 4.78 is 53.1. The number of sulfonamides is 2. The molecule has 50 heavy (non-hydrogen) atoms. The maximum absolute atomic E-state index is 13.3. The summed E-state index contributed by atoms with van der Waals surface area (Å²) in [6.45, 7) is 3.89. The number of carboxylic acid groups (broad SMARTS) is 1. The Bertz CT molecular complexity index is 1920. The summed E-state index contributed by atoms with van der Waals surface area (Å²) in [6, 6.07) is 17.1. The molecule has 14 nitrogen and oxygen atoms in total. The van der Waals surface area contributed by atoms with Gasteiger partial charge in [0.2, 0.25) is 26.0 Å². The van der Waals surface area contributed by atoms with Crippen LogP contribution < -0.4 is 20.5 Å². The van der Waals surface area contributed by atoms with E-state index in [1.165, 1.54) is 11.0 Å². The van der Waals surface area contributed by atoms with Crippen molar-refractivity contribution in [2.75, 3.05) is 18.6 Å². The van der Waals surface area contributed by atoms with E-state index in [1.54, 1.807) is 13.8 Å². The third-order valence-electron chi connectivity index (χ3n) is 7.95. The molecule has 0 aromatic heterocycles. The molecule has 0 saturated carbocycles. The summed E-state index contributed by atoms with van der Waals surface area (Å²) >= 11 is 5.72. The lowest BCUT2D eigenvalue weighted by Gasteiger charge is -2.36. The molecule has 5 rings (SSSR count). The number of rotatable bonds is 10. The van der Waals surface area contributed by atoms with Crippen molar-refractivity contribution in [1.82, 2.24) is 14.9 Å². The molecule has 0 saturated heterocycles. The molecule has 2 heterocycles. The number of esters is 1. The van der Waals surface area contributed by atoms with Crippen LogP contribution in [0.5, 0.6) is 0 Å². The summed E-state index contributed by atoms with van der Waals surface area (Å²) in [7, 11) is -7.80. The third kappa shape index (κ3) is 10.2. The second kappa shape index (κ2) is 17.4. The third-order valence-corrected chi connectivity index (χ3v) is 10.8. The van der Waals surface area contributed by atoms with E-state index >= 15 is 0 Å². The van der Waals surface area contributed by atoms with Gasteiger partial charge in [-0.05, 0) is 55.5 Å². The van der Waals surface area contributed by atoms with Crippen molar-refractivity contribution in [3.05, 3.63) is 88.4 Å². The number of primary sulfonamides is 1. The molecule has 0 spiro atoms. The maximum atomic E-state index is 13.3. The molecule has 0 unspecified atom stereocenters. The Morgan fingerprint density at radius 2 is 1.74 bits per heavy atom. The van der Waals surface area contributed by atoms with Gasteiger partial charge in [0.1, 0.15) is 21.9 Å². The van der Waals surface area contributed by atoms with Crippen molar-refractivity contribution in [1.29, 1.82) is 0 Å². The fourth-order valence-electron chi connectivity index (χ4n) is 5.48. The number of amides is 1. The number of nitrogens with one attached hydrogen (secondary N) is 3. The zero-order valence-corrected chi connectivity index (χ0v) is 30.4. The number of halogens is 2. The van der Waals surface area contributed by atoms with Gasteiger partial charge < -0.3 is 20.1 Å². The van der Waals surface area contributed by atoms with Crippen molar-refractivity contribution in [2.45, 2.75) is 67.6 Å². The molecule has 0 aliphatic carbocycles. The number of carboxylic acids is 1. The number of nitrogens with two attached hydrogens (primary N) is 1. The monoisotopic (exact) mass is 771 g/mol. The molecule has 2 aliphatic rings. The molecule has 18 heteroatoms. The molecule has 1 amide bonds. The average Bonchev–Trinajstić information content (AvgIpc) is 3.05. The van der Waals surface area contributed by atoms with Crippen LogP contribution >= 0.6 is 24.0 Å². The van der Waals surface area contributed by atoms with Gasteiger partial charge in [-0.25, -0.2) is 26.8 Å². The van der Waals surface area contributed by atoms with Crippen molar-refractivity contribution in [2.24, 2.45) is 5.14 Å². The molecule has 3 aromatic carbocycles. The predicted octanol–water partition coefficient (Wildman–Crippen LogP) is 2.64. The second-order valence-corrected chi connectivity index (χ2v) is 15.0. The molecule has 6 N–H and O–H groups in total. The first kappa shape index (κ1) is 40.7. The van der Waals surface area contributed by atoms with E-state index in [2.05, 4.69) is 15.4 Å². The highest BCUT2D eigenvalue weighted by Crippen LogP contribution is 2.32. The largest absolute Gasteiger partial charge is 0.480 e. The van der Waals surface area contributed by atoms with Crippen LogP contribution in [0.3, 0.4) is 0 Å². The van der Waals surface area contributed by atoms with E-state index in [9.17, 15) is 36.3 Å². The van der Waals surface area contributed by atoms with Gasteiger partial charge in [0.15, 0.2) is 0 Å². The normalized spacial score (nSPS) is 17.2. The van der Waals surface area contributed by atoms with E-state index in [-0.39, 0.29) is 60.2 Å². The quantitative estimate of drug-likeness (QED) is 0.189. The van der Waals surface area contributed by atoms with Gasteiger partial charge in [0, 0.05) is 13.0 Å². The predicted molar refractivity (Wildman–Crippen MR) is 189 cm³/mol. The first-order chi connectivity index (χ1) is 23.1. The van der Waals surface area contributed by atoms with Crippen molar-refractivity contribution >= 4 is 67.6 Å². The first-order valence-corrected chi connectivity index (χ1v) is 18.7. The van der Waals surface area contributed by atoms with E-state index in [1.807, 2.05) is 54.6 Å². The Balaban J connectivity index is 0.000000316. The average molecular weight is 773 g/mol. The smallest absolute Gasteiger partial charge is 0.326 e. The Kier molecular flexibility index (Phi) is 14.2. The first-order valence-electron chi connectivity index (χ1n) is 15.3. The van der Waals surface area contributed by atoms with Crippen LogP contribution in [0.1, 0.15) is 37.0 Å². The number of ether oxygens (including phenoxy) is 1. The fraction of sp³-hybridized carbons (Fsp3) is 0.344. The highest BCUT2D eigenvalue weighted by atomic mass is 35.5. The van der Waals surface area contributed by atoms with E-state index < -0.39 is 55.0 Å². The highest BCUT2D eigenvalue weighted by Gasteiger charge is 2.37. The number of carbonyl (C=O) groups excluding carboxylic acids is 2. The standard InChI is InChI=1S/C25H30N2O5.C7H8ClN3O4S2.ClH/c1-3-32-25(31)21(14-13-18-9-5-4-6-10-18)26-17(2)23(28)27-16-20-12-8-7-11-19(20)15-22(27)24(29)30;8-4-1-5-7(2-6(4)16(9,12)13)17(14,15)11-3-10-5;/h4-12,17,21-22,26H,3,13-16H2,1-2H3,(H,29,30);1-2,10-11H,3H2,(H2,9,12,13);1H/t17-,21-,22-;;/m0../s1. The van der Waals surface area contributed by atoms with Crippen LogP contribution in [0.15, 0.2) is 76.5 Å². The van der Waals surface area contributed by atoms with Crippen LogP contribution in [0.2, 0.25) is 5.02 Å². The van der Waals surface area contributed by atoms with Crippen molar-refractivity contribution in [3.8, 4) is 0 Å². The van der Waals surface area contributed by atoms with Gasteiger partial charge in [0.05, 0.1) is 30.0 Å². The SMILES string of the molecule is CCOC(=O)[C@H](CCc1ccccc1)N[C@@H](C)C(=O)N1Cc2ccccc2C[C@H]1C(=O)O.Cl.NS(=O)(=O)c1cc2c(cc1Cl)NCNS2(=O)=O. The minimum Gasteiger partial charge on any atom is -0.480 e. The topological polar surface area (TPSA) is 214 Å². The fourth-order valence-corrected chi connectivity index (χ4v) is 7.77. The number of anilines is 1. The molecule has 2 aliphatic heterocycles. The molecule has 0 fully saturated rings. The molecule has 272 valence electrons. The van der Waals surface area contributed by atoms with Crippen molar-refractivity contribution < 1.29 is 41.1 Å². The summed E-state index contributed by atoms with van der Waals surface area (Å²) in [6.07, 6.45) is 1.37. The number of hydrogen-bond donors (Lipinski definition) is 5. The Labute approximate surface area is 302 Å². The van der Waals surface area contributed by atoms with Gasteiger partial charge in [0.25, 0.3) is 0 Å². The van der Waals surface area contributed by atoms with Gasteiger partial charge >= 0.3 is 11.9 Å². The second-order valence-electron chi connectivity index (χ2n) is 11.3. The number of aryl methyl sites for hydroxylation is 1. The summed E-state index contributed by atoms with van der Waals surface area (Å²) in [5.74, 6) is -1.80. The number of aliphatic carboxylic acids is 1. The zero-order chi connectivity index (χ0) is 35.9. The van der Waals surface area contributed by atoms with Crippen LogP contribution in [0.4, 0.5) is 5.69 Å². The number of hydrogen-bond acceptors (Lipinski definition) is 10. The molecule has 3 atom stereocenters. The van der Waals surface area contributed by atoms with Gasteiger partial charge in [-0.2, -0.15) is 4.72 Å². The molecular formula is C32H39Cl2N5O9S2. The highest BCUT2D eigenvalue weighted by molar-refractivity contribution is 7.90. The lowest BCUT2D eigenvalue weighted by molar-refractivity contribution is -0.153. The van der Waals surface area contributed by atoms with Crippen LogP contribution in [-0.4, -0.2) is 76.1 Å². The number of carbonyl (C=O) groups is 3. The van der Waals surface area contributed by atoms with Crippen molar-refractivity contribution in [3.63, 3.8) is 0 Å². The van der Waals surface area contributed by atoms with E-state index in [0.717, 1.165) is 22.8 Å². The Hall–Kier alpha value is -3.77. The lowest BCUT2D eigenvalue weighted by Crippen LogP contribution is -2.56. The molecule has 0 bridgehead atoms. The minimum absolute atomic E-state index is 0. The Morgan fingerprint density at radius 3 is 2.36 bits per heavy atom. The van der Waals surface area contributed by atoms with E-state index in [0.29, 0.717) is 12.8 Å². The molecule has 0 radical (unpaired) electrons. The van der Waals surface area contributed by atoms with Crippen LogP contribution in [-0.2, 0) is 58.6 Å². The summed E-state index contributed by atoms with van der Waals surface area (Å²) in [5, 5.41) is 20.4. The number of nitrogens with zero attached hydrogens (tertiary/aromatic N) is 1. The minimum atomic E-state index is -4.07. The number of benzene rings is 3. The van der Waals surface area contributed by atoms with Gasteiger partial charge in [-0.1, -0.05) is 66.2 Å². The summed E-state index contributed by atoms with van der Waals surface area (Å²) in [4.78, 5) is 38.4. The van der Waals surface area contributed by atoms with Gasteiger partial charge in [-0.15, -0.1) is 12.4 Å². The Morgan fingerprint density at radius 1 is 1.10 bits per heavy atom. The maximum Gasteiger partial charge on any atom is 0.326 e.